The van der Waals surface area contributed by atoms with Gasteiger partial charge in [-0.25, -0.2) is 0 Å². The molecule has 0 aliphatic rings. The lowest BCUT2D eigenvalue weighted by Gasteiger charge is -2.19. The summed E-state index contributed by atoms with van der Waals surface area (Å²) in [6, 6.07) is 13.9. The van der Waals surface area contributed by atoms with Gasteiger partial charge in [0.25, 0.3) is 0 Å². The van der Waals surface area contributed by atoms with Gasteiger partial charge in [-0.05, 0) is 31.7 Å². The number of hydrogen-bond acceptors (Lipinski definition) is 2. The molecule has 0 saturated carbocycles. The molecule has 3 heteroatoms. The summed E-state index contributed by atoms with van der Waals surface area (Å²) >= 11 is 0. The summed E-state index contributed by atoms with van der Waals surface area (Å²) in [5, 5.41) is 11.2. The van der Waals surface area contributed by atoms with Crippen LogP contribution in [0.15, 0.2) is 42.5 Å². The molecule has 0 amide bonds. The van der Waals surface area contributed by atoms with E-state index in [1.165, 1.54) is 0 Å². The van der Waals surface area contributed by atoms with Crippen LogP contribution in [0.3, 0.4) is 0 Å². The Morgan fingerprint density at radius 2 is 1.84 bits per heavy atom. The highest BCUT2D eigenvalue weighted by Gasteiger charge is 2.26. The summed E-state index contributed by atoms with van der Waals surface area (Å²) in [6.07, 6.45) is 0.478. The normalized spacial score (nSPS) is 11.5. The quantitative estimate of drug-likeness (QED) is 0.889. The number of benzene rings is 2. The monoisotopic (exact) mass is 258 g/mol. The number of hydrogen-bond donors (Lipinski definition) is 1. The molecule has 2 aromatic rings. The SMILES string of the molecule is CC(C)(CCOc1cccc2ccccc12)C(=O)O. The Morgan fingerprint density at radius 1 is 1.16 bits per heavy atom. The van der Waals surface area contributed by atoms with E-state index in [1.807, 2.05) is 42.5 Å². The lowest BCUT2D eigenvalue weighted by molar-refractivity contribution is -0.147. The Bertz CT molecular complexity index is 582. The first kappa shape index (κ1) is 13.4. The van der Waals surface area contributed by atoms with Crippen LogP contribution in [-0.2, 0) is 4.79 Å². The van der Waals surface area contributed by atoms with Crippen molar-refractivity contribution in [3.8, 4) is 5.75 Å². The van der Waals surface area contributed by atoms with Gasteiger partial charge in [0.2, 0.25) is 0 Å². The molecule has 0 aromatic heterocycles. The van der Waals surface area contributed by atoms with Crippen molar-refractivity contribution >= 4 is 16.7 Å². The molecule has 0 heterocycles. The summed E-state index contributed by atoms with van der Waals surface area (Å²) in [4.78, 5) is 11.0. The van der Waals surface area contributed by atoms with Gasteiger partial charge in [-0.15, -0.1) is 0 Å². The van der Waals surface area contributed by atoms with Gasteiger partial charge in [0, 0.05) is 5.39 Å². The van der Waals surface area contributed by atoms with Crippen molar-refractivity contribution in [1.82, 2.24) is 0 Å². The first-order chi connectivity index (χ1) is 9.00. The van der Waals surface area contributed by atoms with Gasteiger partial charge in [0.05, 0.1) is 12.0 Å². The smallest absolute Gasteiger partial charge is 0.309 e. The van der Waals surface area contributed by atoms with Crippen LogP contribution in [0.5, 0.6) is 5.75 Å². The molecule has 0 unspecified atom stereocenters. The fourth-order valence-electron chi connectivity index (χ4n) is 1.84. The van der Waals surface area contributed by atoms with Gasteiger partial charge in [-0.1, -0.05) is 36.4 Å². The van der Waals surface area contributed by atoms with E-state index in [0.29, 0.717) is 13.0 Å². The highest BCUT2D eigenvalue weighted by molar-refractivity contribution is 5.88. The fraction of sp³-hybridized carbons (Fsp3) is 0.312. The van der Waals surface area contributed by atoms with Crippen molar-refractivity contribution in [2.24, 2.45) is 5.41 Å². The molecule has 0 fully saturated rings. The number of carboxylic acid groups (broad SMARTS) is 1. The molecule has 0 aliphatic carbocycles. The number of rotatable bonds is 5. The average Bonchev–Trinajstić information content (AvgIpc) is 2.38. The Hall–Kier alpha value is -2.03. The Balaban J connectivity index is 2.09. The second-order valence-electron chi connectivity index (χ2n) is 5.26. The lowest BCUT2D eigenvalue weighted by atomic mass is 9.90. The molecule has 0 atom stereocenters. The van der Waals surface area contributed by atoms with E-state index in [9.17, 15) is 4.79 Å². The molecule has 0 aliphatic heterocycles. The number of ether oxygens (including phenoxy) is 1. The third-order valence-electron chi connectivity index (χ3n) is 3.31. The minimum absolute atomic E-state index is 0.396. The fourth-order valence-corrected chi connectivity index (χ4v) is 1.84. The molecule has 2 rings (SSSR count). The van der Waals surface area contributed by atoms with Gasteiger partial charge >= 0.3 is 5.97 Å². The largest absolute Gasteiger partial charge is 0.493 e. The van der Waals surface area contributed by atoms with Crippen molar-refractivity contribution in [2.45, 2.75) is 20.3 Å². The predicted molar refractivity (Wildman–Crippen MR) is 75.5 cm³/mol. The standard InChI is InChI=1S/C16H18O3/c1-16(2,15(17)18)10-11-19-14-9-5-7-12-6-3-4-8-13(12)14/h3-9H,10-11H2,1-2H3,(H,17,18). The first-order valence-corrected chi connectivity index (χ1v) is 6.35. The highest BCUT2D eigenvalue weighted by atomic mass is 16.5. The summed E-state index contributed by atoms with van der Waals surface area (Å²) in [5.41, 5.74) is -0.759. The number of fused-ring (bicyclic) bond motifs is 1. The zero-order valence-corrected chi connectivity index (χ0v) is 11.2. The van der Waals surface area contributed by atoms with E-state index in [1.54, 1.807) is 13.8 Å². The second kappa shape index (κ2) is 5.31. The minimum Gasteiger partial charge on any atom is -0.493 e. The van der Waals surface area contributed by atoms with Crippen LogP contribution in [0.4, 0.5) is 0 Å². The molecular weight excluding hydrogens is 240 g/mol. The van der Waals surface area contributed by atoms with Crippen LogP contribution in [0.1, 0.15) is 20.3 Å². The lowest BCUT2D eigenvalue weighted by Crippen LogP contribution is -2.25. The van der Waals surface area contributed by atoms with Crippen molar-refractivity contribution < 1.29 is 14.6 Å². The third kappa shape index (κ3) is 3.05. The molecule has 19 heavy (non-hydrogen) atoms. The van der Waals surface area contributed by atoms with Gasteiger partial charge in [0.15, 0.2) is 0 Å². The zero-order valence-electron chi connectivity index (χ0n) is 11.2. The number of aliphatic carboxylic acids is 1. The van der Waals surface area contributed by atoms with E-state index in [0.717, 1.165) is 16.5 Å². The predicted octanol–water partition coefficient (Wildman–Crippen LogP) is 3.72. The maximum atomic E-state index is 11.0. The molecule has 0 radical (unpaired) electrons. The molecule has 0 spiro atoms. The molecule has 100 valence electrons. The van der Waals surface area contributed by atoms with Crippen LogP contribution in [0, 0.1) is 5.41 Å². The van der Waals surface area contributed by atoms with Crippen LogP contribution in [-0.4, -0.2) is 17.7 Å². The number of carbonyl (C=O) groups is 1. The van der Waals surface area contributed by atoms with E-state index < -0.39 is 11.4 Å². The Labute approximate surface area is 112 Å². The van der Waals surface area contributed by atoms with E-state index in [4.69, 9.17) is 9.84 Å². The third-order valence-corrected chi connectivity index (χ3v) is 3.31. The second-order valence-corrected chi connectivity index (χ2v) is 5.26. The van der Waals surface area contributed by atoms with Gasteiger partial charge < -0.3 is 9.84 Å². The van der Waals surface area contributed by atoms with Crippen molar-refractivity contribution in [3.63, 3.8) is 0 Å². The first-order valence-electron chi connectivity index (χ1n) is 6.35. The van der Waals surface area contributed by atoms with Crippen LogP contribution < -0.4 is 4.74 Å². The van der Waals surface area contributed by atoms with E-state index >= 15 is 0 Å². The zero-order chi connectivity index (χ0) is 13.9. The Morgan fingerprint density at radius 3 is 2.58 bits per heavy atom. The Kier molecular flexibility index (Phi) is 3.74. The van der Waals surface area contributed by atoms with Crippen LogP contribution in [0.2, 0.25) is 0 Å². The average molecular weight is 258 g/mol. The van der Waals surface area contributed by atoms with Crippen molar-refractivity contribution in [1.29, 1.82) is 0 Å². The summed E-state index contributed by atoms with van der Waals surface area (Å²) in [6.45, 7) is 3.82. The minimum atomic E-state index is -0.797. The molecule has 2 aromatic carbocycles. The summed E-state index contributed by atoms with van der Waals surface area (Å²) in [7, 11) is 0. The maximum Gasteiger partial charge on any atom is 0.309 e. The number of carboxylic acids is 1. The maximum absolute atomic E-state index is 11.0. The molecule has 1 N–H and O–H groups in total. The molecular formula is C16H18O3. The van der Waals surface area contributed by atoms with Crippen molar-refractivity contribution in [2.75, 3.05) is 6.61 Å². The molecule has 3 nitrogen and oxygen atoms in total. The highest BCUT2D eigenvalue weighted by Crippen LogP contribution is 2.27. The van der Waals surface area contributed by atoms with Gasteiger partial charge in [-0.3, -0.25) is 4.79 Å². The molecule has 0 bridgehead atoms. The van der Waals surface area contributed by atoms with Crippen molar-refractivity contribution in [3.05, 3.63) is 42.5 Å². The summed E-state index contributed by atoms with van der Waals surface area (Å²) in [5.74, 6) is 0.00769. The van der Waals surface area contributed by atoms with Gasteiger partial charge in [0.1, 0.15) is 5.75 Å². The van der Waals surface area contributed by atoms with Crippen LogP contribution in [0.25, 0.3) is 10.8 Å². The van der Waals surface area contributed by atoms with E-state index in [-0.39, 0.29) is 0 Å². The van der Waals surface area contributed by atoms with E-state index in [2.05, 4.69) is 0 Å². The van der Waals surface area contributed by atoms with Gasteiger partial charge in [-0.2, -0.15) is 0 Å². The summed E-state index contributed by atoms with van der Waals surface area (Å²) < 4.78 is 5.74. The topological polar surface area (TPSA) is 46.5 Å². The van der Waals surface area contributed by atoms with Crippen LogP contribution >= 0.6 is 0 Å². The molecule has 0 saturated heterocycles.